The second-order valence-electron chi connectivity index (χ2n) is 26.6. The van der Waals surface area contributed by atoms with Crippen molar-refractivity contribution < 1.29 is 65.9 Å². The zero-order valence-electron chi connectivity index (χ0n) is 59.2. The Balaban J connectivity index is 0.000000218. The molecular weight excluding hydrogens is 1530 g/mol. The molecule has 4 amide bonds. The van der Waals surface area contributed by atoms with E-state index in [4.69, 9.17) is 28.8 Å². The number of amides is 4. The molecule has 0 saturated carbocycles. The molecule has 0 spiro atoms. The van der Waals surface area contributed by atoms with Crippen molar-refractivity contribution in [2.45, 2.75) is 196 Å². The predicted molar refractivity (Wildman–Crippen MR) is 400 cm³/mol. The van der Waals surface area contributed by atoms with Gasteiger partial charge in [0, 0.05) is 39.3 Å². The van der Waals surface area contributed by atoms with Crippen LogP contribution in [0.25, 0.3) is 0 Å². The zero-order valence-corrected chi connectivity index (χ0v) is 66.4. The molecule has 9 rings (SSSR count). The van der Waals surface area contributed by atoms with Crippen LogP contribution in [0.15, 0.2) is 68.0 Å². The minimum absolute atomic E-state index is 0.00576. The van der Waals surface area contributed by atoms with Gasteiger partial charge in [-0.25, -0.2) is 27.6 Å². The van der Waals surface area contributed by atoms with Crippen molar-refractivity contribution in [1.29, 1.82) is 0 Å². The summed E-state index contributed by atoms with van der Waals surface area (Å²) in [7, 11) is 0. The Morgan fingerprint density at radius 2 is 0.828 bits per heavy atom. The van der Waals surface area contributed by atoms with E-state index in [0.717, 1.165) is 137 Å². The van der Waals surface area contributed by atoms with Crippen molar-refractivity contribution in [2.75, 3.05) is 59.1 Å². The first kappa shape index (κ1) is 82.3. The third-order valence-electron chi connectivity index (χ3n) is 16.5. The quantitative estimate of drug-likeness (QED) is 0.0566. The third-order valence-corrected chi connectivity index (χ3v) is 23.7. The molecular formula is C74H97Br3F3N5O11S3. The number of rotatable bonds is 20. The van der Waals surface area contributed by atoms with Crippen molar-refractivity contribution in [3.8, 4) is 15.2 Å². The highest BCUT2D eigenvalue weighted by Gasteiger charge is 2.32. The molecule has 6 aromatic rings. The molecule has 0 radical (unpaired) electrons. The Labute approximate surface area is 619 Å². The number of nitrogens with one attached hydrogen (secondary N) is 3. The van der Waals surface area contributed by atoms with Gasteiger partial charge >= 0.3 is 18.2 Å². The number of carbonyl (C=O) groups excluding carboxylic acids is 4. The Morgan fingerprint density at radius 1 is 0.515 bits per heavy atom. The Hall–Kier alpha value is -5.70. The summed E-state index contributed by atoms with van der Waals surface area (Å²) in [6, 6.07) is 15.4. The van der Waals surface area contributed by atoms with Gasteiger partial charge in [0.1, 0.15) is 33.5 Å². The van der Waals surface area contributed by atoms with Crippen LogP contribution in [0.4, 0.5) is 22.8 Å². The average Bonchev–Trinajstić information content (AvgIpc) is 1.63. The van der Waals surface area contributed by atoms with Crippen LogP contribution in [0.2, 0.25) is 0 Å². The second kappa shape index (κ2) is 39.1. The molecule has 0 unspecified atom stereocenters. The molecule has 544 valence electrons. The summed E-state index contributed by atoms with van der Waals surface area (Å²) in [6.45, 7) is 31.4. The van der Waals surface area contributed by atoms with Gasteiger partial charge in [-0.05, 0) is 273 Å². The maximum absolute atomic E-state index is 14.7. The highest BCUT2D eigenvalue weighted by Crippen LogP contribution is 2.44. The number of alkyl carbamates (subject to hydrolysis) is 2. The fourth-order valence-electron chi connectivity index (χ4n) is 11.2. The molecule has 25 heteroatoms. The number of hydrogen-bond donors (Lipinski definition) is 4. The van der Waals surface area contributed by atoms with E-state index < -0.39 is 29.4 Å². The highest BCUT2D eigenvalue weighted by molar-refractivity contribution is 9.11. The van der Waals surface area contributed by atoms with E-state index >= 15 is 0 Å². The fraction of sp³-hybridized carbons (Fsp3) is 0.527. The molecule has 3 aliphatic heterocycles. The molecule has 3 fully saturated rings. The number of halogens is 6. The van der Waals surface area contributed by atoms with Crippen molar-refractivity contribution in [2.24, 2.45) is 0 Å². The Kier molecular flexibility index (Phi) is 32.5. The summed E-state index contributed by atoms with van der Waals surface area (Å²) in [4.78, 5) is 66.2. The second-order valence-corrected chi connectivity index (χ2v) is 31.9. The number of carbonyl (C=O) groups is 5. The number of nitrogens with zero attached hydrogens (tertiary/aromatic N) is 2. The predicted octanol–water partition coefficient (Wildman–Crippen LogP) is 19.7. The molecule has 99 heavy (non-hydrogen) atoms. The van der Waals surface area contributed by atoms with Crippen molar-refractivity contribution in [3.63, 3.8) is 0 Å². The zero-order chi connectivity index (χ0) is 72.9. The largest absolute Gasteiger partial charge is 0.483 e. The molecule has 0 bridgehead atoms. The standard InChI is InChI=1S/C26H34BrFN2O4S.C22H27BrFNO2S.C17H25FN2O2.C9H11BrO3S/c1-6-13-33-24-21(27)16(2)22(35-24)23(31)30-11-9-18(10-12-30)19-14-17(7-8-20(19)28)15-29-25(32)34-26(3,4)5;1-4-12-27-22-19(23)14(3)20(28-22)21(26)25-10-8-16(9-11-25)17-13-15(5-2)6-7-18(17)24;1-17(2,3)22-16(21)20-11-12-4-5-15(18)14(10-12)13-6-8-19-9-7-13;1-3-4-13-9-6(10)5(2)7(14-9)8(11)12/h7-8,14,18H,6,9-13,15H2,1-5H3,(H,29,32);6-7,13,16H,4-5,8-12H2,1-3H3;4-5,10,13,19H,6-9,11H2,1-3H3,(H,20,21);3-4H2,1-2H3,(H,11,12). The van der Waals surface area contributed by atoms with Crippen molar-refractivity contribution in [3.05, 3.63) is 150 Å². The first-order valence-corrected chi connectivity index (χ1v) is 38.8. The minimum Gasteiger partial charge on any atom is -0.483 e. The van der Waals surface area contributed by atoms with Crippen molar-refractivity contribution in [1.82, 2.24) is 25.8 Å². The number of ether oxygens (including phenoxy) is 5. The van der Waals surface area contributed by atoms with Crippen LogP contribution >= 0.6 is 81.8 Å². The molecule has 3 saturated heterocycles. The van der Waals surface area contributed by atoms with Crippen LogP contribution in [0.5, 0.6) is 15.2 Å². The summed E-state index contributed by atoms with van der Waals surface area (Å²) in [6.07, 6.45) is 7.50. The van der Waals surface area contributed by atoms with Crippen LogP contribution in [0.3, 0.4) is 0 Å². The first-order chi connectivity index (χ1) is 46.9. The number of aryl methyl sites for hydroxylation is 1. The summed E-state index contributed by atoms with van der Waals surface area (Å²) < 4.78 is 72.9. The van der Waals surface area contributed by atoms with E-state index in [0.29, 0.717) is 85.8 Å². The van der Waals surface area contributed by atoms with Crippen LogP contribution < -0.4 is 30.2 Å². The number of piperidine rings is 3. The molecule has 6 heterocycles. The number of thiophene rings is 3. The van der Waals surface area contributed by atoms with Gasteiger partial charge in [0.2, 0.25) is 0 Å². The van der Waals surface area contributed by atoms with E-state index in [1.54, 1.807) is 45.9 Å². The highest BCUT2D eigenvalue weighted by atomic mass is 79.9. The normalized spacial score (nSPS) is 14.5. The van der Waals surface area contributed by atoms with E-state index in [1.165, 1.54) is 46.1 Å². The third kappa shape index (κ3) is 24.5. The number of likely N-dealkylation sites (tertiary alicyclic amines) is 2. The first-order valence-electron chi connectivity index (χ1n) is 33.9. The Morgan fingerprint density at radius 3 is 1.14 bits per heavy atom. The number of aromatic carboxylic acids is 1. The van der Waals surface area contributed by atoms with Crippen LogP contribution in [-0.2, 0) is 29.0 Å². The van der Waals surface area contributed by atoms with Crippen LogP contribution in [0.1, 0.15) is 224 Å². The van der Waals surface area contributed by atoms with E-state index in [9.17, 15) is 37.1 Å². The maximum atomic E-state index is 14.7. The summed E-state index contributed by atoms with van der Waals surface area (Å²) in [5, 5.41) is 19.7. The lowest BCUT2D eigenvalue weighted by Gasteiger charge is -2.32. The molecule has 3 aromatic carbocycles. The van der Waals surface area contributed by atoms with E-state index in [1.807, 2.05) is 82.5 Å². The monoisotopic (exact) mass is 1620 g/mol. The van der Waals surface area contributed by atoms with E-state index in [2.05, 4.69) is 77.6 Å². The smallest absolute Gasteiger partial charge is 0.407 e. The van der Waals surface area contributed by atoms with Gasteiger partial charge in [-0.1, -0.05) is 98.1 Å². The van der Waals surface area contributed by atoms with Gasteiger partial charge in [-0.2, -0.15) is 0 Å². The van der Waals surface area contributed by atoms with Gasteiger partial charge in [-0.15, -0.1) is 0 Å². The Bertz CT molecular complexity index is 3680. The van der Waals surface area contributed by atoms with Crippen LogP contribution in [0, 0.1) is 38.2 Å². The molecule has 0 atom stereocenters. The number of hydrogen-bond acceptors (Lipinski definition) is 14. The molecule has 3 aliphatic rings. The summed E-state index contributed by atoms with van der Waals surface area (Å²) in [5.74, 6) is -0.959. The number of carboxylic acid groups (broad SMARTS) is 1. The van der Waals surface area contributed by atoms with Crippen LogP contribution in [-0.4, -0.2) is 115 Å². The maximum Gasteiger partial charge on any atom is 0.407 e. The fourth-order valence-corrected chi connectivity index (χ4v) is 16.3. The number of carboxylic acids is 1. The van der Waals surface area contributed by atoms with Gasteiger partial charge in [0.15, 0.2) is 15.2 Å². The van der Waals surface area contributed by atoms with Gasteiger partial charge in [-0.3, -0.25) is 9.59 Å². The minimum atomic E-state index is -0.903. The van der Waals surface area contributed by atoms with Gasteiger partial charge in [0.05, 0.1) is 43.0 Å². The molecule has 0 aliphatic carbocycles. The van der Waals surface area contributed by atoms with E-state index in [-0.39, 0.29) is 53.6 Å². The lowest BCUT2D eigenvalue weighted by molar-refractivity contribution is 0.0512. The lowest BCUT2D eigenvalue weighted by atomic mass is 9.88. The lowest BCUT2D eigenvalue weighted by Crippen LogP contribution is -2.38. The molecule has 3 aromatic heterocycles. The van der Waals surface area contributed by atoms with Crippen molar-refractivity contribution >= 4 is 112 Å². The SMILES string of the molecule is CC(C)(C)OC(=O)NCc1ccc(F)c(C2CCNCC2)c1.CCCOc1sc(C(=O)N2CCC(c3cc(CC)ccc3F)CC2)c(C)c1Br.CCCOc1sc(C(=O)N2CCC(c3cc(CNC(=O)OC(C)(C)C)ccc3F)CC2)c(C)c1Br.CCCOc1sc(C(=O)O)c(C)c1Br. The topological polar surface area (TPSA) is 194 Å². The number of benzene rings is 3. The summed E-state index contributed by atoms with van der Waals surface area (Å²) >= 11 is 14.4. The van der Waals surface area contributed by atoms with Gasteiger partial charge in [0.25, 0.3) is 11.8 Å². The molecule has 16 nitrogen and oxygen atoms in total. The summed E-state index contributed by atoms with van der Waals surface area (Å²) in [5.41, 5.74) is 6.51. The average molecular weight is 1630 g/mol. The van der Waals surface area contributed by atoms with Gasteiger partial charge < -0.3 is 54.5 Å². The molecule has 4 N–H and O–H groups in total.